The van der Waals surface area contributed by atoms with Gasteiger partial charge >= 0.3 is 17.1 Å². The molecule has 129 valence electrons. The minimum Gasteiger partial charge on any atom is -0.859 e. The third-order valence-corrected chi connectivity index (χ3v) is 3.53. The van der Waals surface area contributed by atoms with Gasteiger partial charge < -0.3 is 10.2 Å². The Hall–Kier alpha value is -2.76. The number of carbonyl (C=O) groups excluding carboxylic acids is 2. The van der Waals surface area contributed by atoms with Gasteiger partial charge in [0.2, 0.25) is 0 Å². The molecule has 0 N–H and O–H groups in total. The first-order chi connectivity index (χ1) is 11.5. The maximum atomic E-state index is 11.2. The Morgan fingerprint density at radius 3 is 1.52 bits per heavy atom. The Kier molecular flexibility index (Phi) is 5.85. The summed E-state index contributed by atoms with van der Waals surface area (Å²) < 4.78 is 0. The van der Waals surface area contributed by atoms with Crippen molar-refractivity contribution in [3.8, 4) is 11.8 Å². The number of fused-ring (bicyclic) bond motifs is 2. The second-order valence-electron chi connectivity index (χ2n) is 5.23. The first-order valence-electron chi connectivity index (χ1n) is 7.30. The van der Waals surface area contributed by atoms with Gasteiger partial charge in [-0.1, -0.05) is 48.6 Å². The van der Waals surface area contributed by atoms with Crippen LogP contribution in [0.3, 0.4) is 0 Å². The Bertz CT molecular complexity index is 817. The average molecular weight is 384 g/mol. The summed E-state index contributed by atoms with van der Waals surface area (Å²) in [5.74, 6) is -0.856. The van der Waals surface area contributed by atoms with Crippen LogP contribution in [0.25, 0.3) is 12.2 Å². The van der Waals surface area contributed by atoms with Gasteiger partial charge in [0, 0.05) is 24.0 Å². The van der Waals surface area contributed by atoms with E-state index in [0.717, 1.165) is 11.1 Å². The van der Waals surface area contributed by atoms with E-state index < -0.39 is 0 Å². The number of nitrogens with zero attached hydrogens (tertiary/aromatic N) is 2. The van der Waals surface area contributed by atoms with Crippen LogP contribution < -0.4 is 10.2 Å². The monoisotopic (exact) mass is 383 g/mol. The van der Waals surface area contributed by atoms with Gasteiger partial charge in [-0.05, 0) is 11.8 Å². The molecule has 0 atom stereocenters. The molecule has 0 unspecified atom stereocenters. The van der Waals surface area contributed by atoms with E-state index in [0.29, 0.717) is 24.2 Å². The summed E-state index contributed by atoms with van der Waals surface area (Å²) in [6.45, 7) is 0. The van der Waals surface area contributed by atoms with Gasteiger partial charge in [-0.15, -0.1) is 0 Å². The van der Waals surface area contributed by atoms with Gasteiger partial charge in [0.1, 0.15) is 11.4 Å². The summed E-state index contributed by atoms with van der Waals surface area (Å²) in [6, 6.07) is 5.97. The predicted octanol–water partition coefficient (Wildman–Crippen LogP) is 1.51. The fourth-order valence-electron chi connectivity index (χ4n) is 2.40. The van der Waals surface area contributed by atoms with Gasteiger partial charge in [0.05, 0.1) is 0 Å². The van der Waals surface area contributed by atoms with Gasteiger partial charge in [0.15, 0.2) is 11.6 Å². The van der Waals surface area contributed by atoms with Gasteiger partial charge in [-0.3, -0.25) is 19.6 Å². The van der Waals surface area contributed by atoms with Gasteiger partial charge in [-0.25, -0.2) is 0 Å². The molecule has 7 heteroatoms. The second-order valence-corrected chi connectivity index (χ2v) is 5.23. The van der Waals surface area contributed by atoms with Gasteiger partial charge in [0.25, 0.3) is 0 Å². The third kappa shape index (κ3) is 4.21. The smallest absolute Gasteiger partial charge is 0.859 e. The molecule has 0 amide bonds. The van der Waals surface area contributed by atoms with E-state index >= 15 is 0 Å². The zero-order valence-electron chi connectivity index (χ0n) is 12.9. The molecule has 4 rings (SSSR count). The van der Waals surface area contributed by atoms with E-state index in [1.807, 2.05) is 12.2 Å². The Morgan fingerprint density at radius 2 is 1.12 bits per heavy atom. The van der Waals surface area contributed by atoms with E-state index in [4.69, 9.17) is 0 Å². The SMILES string of the molecule is O=C1CC=Cc2ccc([O-])nc21.O=C1CC=Cc2ccc([O-])nc21.[Cu+2]. The predicted molar refractivity (Wildman–Crippen MR) is 83.3 cm³/mol. The molecule has 25 heavy (non-hydrogen) atoms. The van der Waals surface area contributed by atoms with Crippen molar-refractivity contribution in [3.63, 3.8) is 0 Å². The first kappa shape index (κ1) is 18.6. The van der Waals surface area contributed by atoms with Gasteiger partial charge in [-0.2, -0.15) is 0 Å². The molecule has 1 radical (unpaired) electrons. The van der Waals surface area contributed by atoms with Crippen LogP contribution in [0.1, 0.15) is 44.9 Å². The van der Waals surface area contributed by atoms with Crippen molar-refractivity contribution in [2.24, 2.45) is 0 Å². The maximum Gasteiger partial charge on any atom is 2.00 e. The van der Waals surface area contributed by atoms with Crippen LogP contribution in [0.5, 0.6) is 11.8 Å². The largest absolute Gasteiger partial charge is 2.00 e. The van der Waals surface area contributed by atoms with E-state index in [1.54, 1.807) is 24.3 Å². The summed E-state index contributed by atoms with van der Waals surface area (Å²) in [7, 11) is 0. The van der Waals surface area contributed by atoms with Crippen LogP contribution in [0.15, 0.2) is 36.4 Å². The molecule has 2 heterocycles. The molecule has 0 aliphatic heterocycles. The van der Waals surface area contributed by atoms with Crippen LogP contribution in [0, 0.1) is 0 Å². The van der Waals surface area contributed by atoms with Crippen molar-refractivity contribution in [3.05, 3.63) is 58.9 Å². The molecule has 0 saturated carbocycles. The molecule has 6 nitrogen and oxygen atoms in total. The molecular weight excluding hydrogens is 372 g/mol. The third-order valence-electron chi connectivity index (χ3n) is 3.53. The number of carbonyl (C=O) groups is 2. The molecule has 2 aliphatic rings. The van der Waals surface area contributed by atoms with Crippen molar-refractivity contribution < 1.29 is 36.9 Å². The van der Waals surface area contributed by atoms with E-state index in [9.17, 15) is 19.8 Å². The number of allylic oxidation sites excluding steroid dienone is 2. The number of ketones is 2. The zero-order valence-corrected chi connectivity index (χ0v) is 13.8. The van der Waals surface area contributed by atoms with Crippen molar-refractivity contribution in [2.75, 3.05) is 0 Å². The Labute approximate surface area is 154 Å². The van der Waals surface area contributed by atoms with E-state index in [-0.39, 0.29) is 40.4 Å². The van der Waals surface area contributed by atoms with Crippen molar-refractivity contribution in [2.45, 2.75) is 12.8 Å². The molecule has 2 aliphatic carbocycles. The van der Waals surface area contributed by atoms with Crippen molar-refractivity contribution >= 4 is 23.7 Å². The van der Waals surface area contributed by atoms with E-state index in [2.05, 4.69) is 9.97 Å². The fraction of sp³-hybridized carbons (Fsp3) is 0.111. The van der Waals surface area contributed by atoms with Crippen LogP contribution in [0.2, 0.25) is 0 Å². The summed E-state index contributed by atoms with van der Waals surface area (Å²) >= 11 is 0. The number of hydrogen-bond acceptors (Lipinski definition) is 6. The summed E-state index contributed by atoms with van der Waals surface area (Å²) in [5.41, 5.74) is 2.10. The minimum absolute atomic E-state index is 0. The normalized spacial score (nSPS) is 13.9. The number of hydrogen-bond donors (Lipinski definition) is 0. The number of aromatic nitrogens is 2. The molecule has 0 bridgehead atoms. The first-order valence-corrected chi connectivity index (χ1v) is 7.30. The molecular formula is C18H12CuN2O4. The van der Waals surface area contributed by atoms with Crippen LogP contribution in [-0.2, 0) is 17.1 Å². The summed E-state index contributed by atoms with van der Waals surface area (Å²) in [6.07, 6.45) is 7.87. The quantitative estimate of drug-likeness (QED) is 0.638. The number of pyridine rings is 2. The molecule has 2 aromatic rings. The topological polar surface area (TPSA) is 106 Å². The average Bonchev–Trinajstić information content (AvgIpc) is 2.57. The molecule has 0 fully saturated rings. The number of rotatable bonds is 0. The Morgan fingerprint density at radius 1 is 0.720 bits per heavy atom. The minimum atomic E-state index is -0.350. The van der Waals surface area contributed by atoms with Crippen LogP contribution in [0.4, 0.5) is 0 Å². The molecule has 0 spiro atoms. The molecule has 2 aromatic heterocycles. The van der Waals surface area contributed by atoms with Crippen molar-refractivity contribution in [1.82, 2.24) is 9.97 Å². The summed E-state index contributed by atoms with van der Waals surface area (Å²) in [5, 5.41) is 21.6. The fourth-order valence-corrected chi connectivity index (χ4v) is 2.40. The Balaban J connectivity index is 0.000000173. The van der Waals surface area contributed by atoms with Crippen LogP contribution in [-0.4, -0.2) is 21.5 Å². The zero-order chi connectivity index (χ0) is 17.1. The standard InChI is InChI=1S/2C9H7NO2.Cu/c2*11-7-3-1-2-6-4-5-8(12)10-9(6)7;/h2*1-2,4-5H,3H2,(H,10,12);/q;;+2/p-2. The number of Topliss-reactive ketones (excluding diaryl/α,β-unsaturated/α-hetero) is 2. The van der Waals surface area contributed by atoms with Crippen LogP contribution >= 0.6 is 0 Å². The maximum absolute atomic E-state index is 11.2. The molecule has 0 aromatic carbocycles. The van der Waals surface area contributed by atoms with Crippen molar-refractivity contribution in [1.29, 1.82) is 0 Å². The van der Waals surface area contributed by atoms with E-state index in [1.165, 1.54) is 12.1 Å². The summed E-state index contributed by atoms with van der Waals surface area (Å²) in [4.78, 5) is 29.6. The second kappa shape index (κ2) is 7.87. The molecule has 0 saturated heterocycles.